The average molecular weight is 492 g/mol. The third-order valence-corrected chi connectivity index (χ3v) is 8.12. The van der Waals surface area contributed by atoms with E-state index >= 15 is 0 Å². The van der Waals surface area contributed by atoms with Gasteiger partial charge in [-0.05, 0) is 80.8 Å². The Morgan fingerprint density at radius 2 is 1.83 bits per heavy atom. The number of aromatic nitrogens is 2. The number of pyridine rings is 1. The molecule has 6 rings (SSSR count). The van der Waals surface area contributed by atoms with Crippen molar-refractivity contribution in [1.29, 1.82) is 0 Å². The molecule has 1 amide bonds. The number of hydrogen-bond acceptors (Lipinski definition) is 4. The topological polar surface area (TPSA) is 72.7 Å². The number of ether oxygens (including phenoxy) is 1. The highest BCUT2D eigenvalue weighted by molar-refractivity contribution is 5.93. The average Bonchev–Trinajstić information content (AvgIpc) is 3.18. The Bertz CT molecular complexity index is 1070. The highest BCUT2D eigenvalue weighted by Crippen LogP contribution is 2.59. The molecule has 190 valence electrons. The lowest BCUT2D eigenvalue weighted by Gasteiger charge is -2.56. The van der Waals surface area contributed by atoms with Gasteiger partial charge in [-0.25, -0.2) is 4.98 Å². The van der Waals surface area contributed by atoms with E-state index in [0.717, 1.165) is 17.8 Å². The number of carbonyl (C=O) groups excluding carboxylic acids is 2. The molecule has 2 heterocycles. The molecule has 2 aromatic heterocycles. The lowest BCUT2D eigenvalue weighted by Crippen LogP contribution is -2.51. The first-order chi connectivity index (χ1) is 16.6. The van der Waals surface area contributed by atoms with Crippen molar-refractivity contribution in [3.05, 3.63) is 35.8 Å². The van der Waals surface area contributed by atoms with Crippen molar-refractivity contribution in [2.24, 2.45) is 29.1 Å². The van der Waals surface area contributed by atoms with E-state index in [1.807, 2.05) is 0 Å². The number of rotatable bonds is 8. The molecule has 9 heteroatoms. The van der Waals surface area contributed by atoms with Crippen molar-refractivity contribution in [3.63, 3.8) is 0 Å². The van der Waals surface area contributed by atoms with E-state index in [1.165, 1.54) is 38.5 Å². The highest BCUT2D eigenvalue weighted by atomic mass is 19.4. The third-order valence-electron chi connectivity index (χ3n) is 8.12. The summed E-state index contributed by atoms with van der Waals surface area (Å²) in [6.45, 7) is 2.22. The number of imidazole rings is 1. The second-order valence-electron chi connectivity index (χ2n) is 10.9. The van der Waals surface area contributed by atoms with E-state index in [1.54, 1.807) is 35.7 Å². The summed E-state index contributed by atoms with van der Waals surface area (Å²) in [6.07, 6.45) is 3.14. The van der Waals surface area contributed by atoms with E-state index in [9.17, 15) is 22.8 Å². The molecule has 4 saturated carbocycles. The number of nitrogens with zero attached hydrogens (tertiary/aromatic N) is 2. The monoisotopic (exact) mass is 491 g/mol. The van der Waals surface area contributed by atoms with E-state index in [4.69, 9.17) is 4.74 Å². The van der Waals surface area contributed by atoms with Crippen LogP contribution in [-0.2, 0) is 16.0 Å². The van der Waals surface area contributed by atoms with Crippen molar-refractivity contribution < 1.29 is 27.5 Å². The molecular formula is C26H32F3N3O3. The molecule has 2 aromatic rings. The van der Waals surface area contributed by atoms with Gasteiger partial charge < -0.3 is 10.1 Å². The molecule has 1 atom stereocenters. The lowest BCUT2D eigenvalue weighted by molar-refractivity contribution is -0.167. The van der Waals surface area contributed by atoms with Gasteiger partial charge in [0.05, 0.1) is 24.6 Å². The fourth-order valence-electron chi connectivity index (χ4n) is 7.24. The predicted molar refractivity (Wildman–Crippen MR) is 123 cm³/mol. The van der Waals surface area contributed by atoms with Crippen LogP contribution in [0.15, 0.2) is 24.4 Å². The van der Waals surface area contributed by atoms with Crippen LogP contribution in [0.1, 0.15) is 68.1 Å². The maximum Gasteiger partial charge on any atom is 0.389 e. The van der Waals surface area contributed by atoms with Gasteiger partial charge in [-0.1, -0.05) is 6.07 Å². The van der Waals surface area contributed by atoms with Gasteiger partial charge in [-0.15, -0.1) is 0 Å². The molecule has 1 N–H and O–H groups in total. The van der Waals surface area contributed by atoms with E-state index in [-0.39, 0.29) is 24.3 Å². The van der Waals surface area contributed by atoms with Gasteiger partial charge in [-0.2, -0.15) is 13.2 Å². The van der Waals surface area contributed by atoms with Gasteiger partial charge in [0.15, 0.2) is 0 Å². The fraction of sp³-hybridized carbons (Fsp3) is 0.654. The first-order valence-corrected chi connectivity index (χ1v) is 12.6. The molecule has 1 unspecified atom stereocenters. The summed E-state index contributed by atoms with van der Waals surface area (Å²) in [5.41, 5.74) is 1.35. The lowest BCUT2D eigenvalue weighted by atomic mass is 9.49. The molecule has 0 spiro atoms. The summed E-state index contributed by atoms with van der Waals surface area (Å²) in [4.78, 5) is 29.7. The second-order valence-corrected chi connectivity index (χ2v) is 10.9. The van der Waals surface area contributed by atoms with Gasteiger partial charge in [0.25, 0.3) is 5.91 Å². The number of fused-ring (bicyclic) bond motifs is 1. The van der Waals surface area contributed by atoms with Crippen molar-refractivity contribution in [2.45, 2.75) is 64.5 Å². The quantitative estimate of drug-likeness (QED) is 0.530. The van der Waals surface area contributed by atoms with Crippen LogP contribution in [0.2, 0.25) is 0 Å². The SMILES string of the molecule is CCOC(=O)C(Cc1cn2c(C(=O)NCC34CC5CC(CC(C5)C3)C4)cccc2n1)CC(F)(F)F. The summed E-state index contributed by atoms with van der Waals surface area (Å²) in [5.74, 6) is -0.110. The molecule has 4 bridgehead atoms. The minimum Gasteiger partial charge on any atom is -0.466 e. The standard InChI is InChI=1S/C26H32F3N3O3/c1-2-35-24(34)19(13-26(27,28)29)9-20-14-32-21(4-3-5-22(32)31-20)23(33)30-15-25-10-16-6-17(11-25)8-18(7-16)12-25/h3-5,14,16-19H,2,6-13,15H2,1H3,(H,30,33). The molecule has 35 heavy (non-hydrogen) atoms. The molecule has 0 aromatic carbocycles. The Balaban J connectivity index is 1.31. The zero-order valence-electron chi connectivity index (χ0n) is 19.9. The first kappa shape index (κ1) is 24.1. The van der Waals surface area contributed by atoms with Gasteiger partial charge in [-0.3, -0.25) is 14.0 Å². The molecule has 4 aliphatic carbocycles. The van der Waals surface area contributed by atoms with E-state index in [0.29, 0.717) is 23.6 Å². The van der Waals surface area contributed by atoms with Gasteiger partial charge in [0, 0.05) is 19.2 Å². The molecule has 4 aliphatic rings. The summed E-state index contributed by atoms with van der Waals surface area (Å²) < 4.78 is 45.6. The maximum atomic E-state index is 13.2. The van der Waals surface area contributed by atoms with E-state index < -0.39 is 24.5 Å². The van der Waals surface area contributed by atoms with Crippen LogP contribution in [0.25, 0.3) is 5.65 Å². The minimum absolute atomic E-state index is 0.00636. The fourth-order valence-corrected chi connectivity index (χ4v) is 7.24. The summed E-state index contributed by atoms with van der Waals surface area (Å²) in [5, 5.41) is 3.15. The number of halogens is 3. The summed E-state index contributed by atoms with van der Waals surface area (Å²) >= 11 is 0. The van der Waals surface area contributed by atoms with Crippen LogP contribution in [0.3, 0.4) is 0 Å². The molecule has 0 aliphatic heterocycles. The van der Waals surface area contributed by atoms with Crippen LogP contribution in [0.4, 0.5) is 13.2 Å². The second kappa shape index (κ2) is 9.13. The molecule has 4 fully saturated rings. The first-order valence-electron chi connectivity index (χ1n) is 12.6. The number of esters is 1. The van der Waals surface area contributed by atoms with Crippen LogP contribution in [0, 0.1) is 29.1 Å². The van der Waals surface area contributed by atoms with Crippen molar-refractivity contribution in [3.8, 4) is 0 Å². The Kier molecular flexibility index (Phi) is 6.30. The van der Waals surface area contributed by atoms with Crippen LogP contribution >= 0.6 is 0 Å². The minimum atomic E-state index is -4.50. The number of alkyl halides is 3. The summed E-state index contributed by atoms with van der Waals surface area (Å²) in [6, 6.07) is 5.10. The van der Waals surface area contributed by atoms with Crippen LogP contribution < -0.4 is 5.32 Å². The van der Waals surface area contributed by atoms with Crippen LogP contribution in [-0.4, -0.2) is 40.6 Å². The number of amides is 1. The molecule has 0 radical (unpaired) electrons. The number of carbonyl (C=O) groups is 2. The third kappa shape index (κ3) is 5.19. The Morgan fingerprint density at radius 3 is 2.43 bits per heavy atom. The van der Waals surface area contributed by atoms with Crippen molar-refractivity contribution in [2.75, 3.05) is 13.2 Å². The number of hydrogen-bond donors (Lipinski definition) is 1. The molecule has 0 saturated heterocycles. The van der Waals surface area contributed by atoms with Crippen molar-refractivity contribution >= 4 is 17.5 Å². The molecule has 6 nitrogen and oxygen atoms in total. The van der Waals surface area contributed by atoms with Gasteiger partial charge >= 0.3 is 12.1 Å². The predicted octanol–water partition coefficient (Wildman–Crippen LogP) is 4.95. The summed E-state index contributed by atoms with van der Waals surface area (Å²) in [7, 11) is 0. The largest absolute Gasteiger partial charge is 0.466 e. The maximum absolute atomic E-state index is 13.2. The zero-order chi connectivity index (χ0) is 24.8. The van der Waals surface area contributed by atoms with Crippen LogP contribution in [0.5, 0.6) is 0 Å². The molecular weight excluding hydrogens is 459 g/mol. The Hall–Kier alpha value is -2.58. The smallest absolute Gasteiger partial charge is 0.389 e. The Labute approximate surface area is 202 Å². The highest BCUT2D eigenvalue weighted by Gasteiger charge is 2.50. The normalized spacial score (nSPS) is 28.3. The van der Waals surface area contributed by atoms with Gasteiger partial charge in [0.2, 0.25) is 0 Å². The van der Waals surface area contributed by atoms with Gasteiger partial charge in [0.1, 0.15) is 11.3 Å². The van der Waals surface area contributed by atoms with E-state index in [2.05, 4.69) is 10.3 Å². The Morgan fingerprint density at radius 1 is 1.17 bits per heavy atom. The van der Waals surface area contributed by atoms with Crippen molar-refractivity contribution in [1.82, 2.24) is 14.7 Å². The zero-order valence-corrected chi connectivity index (χ0v) is 19.9. The number of nitrogens with one attached hydrogen (secondary N) is 1.